The van der Waals surface area contributed by atoms with Crippen molar-refractivity contribution in [2.75, 3.05) is 5.75 Å². The zero-order chi connectivity index (χ0) is 17.4. The molecule has 0 bridgehead atoms. The van der Waals surface area contributed by atoms with Crippen molar-refractivity contribution in [1.29, 1.82) is 0 Å². The van der Waals surface area contributed by atoms with Gasteiger partial charge in [-0.1, -0.05) is 63.2 Å². The van der Waals surface area contributed by atoms with E-state index in [1.807, 2.05) is 11.8 Å². The van der Waals surface area contributed by atoms with E-state index in [9.17, 15) is 0 Å². The summed E-state index contributed by atoms with van der Waals surface area (Å²) in [7, 11) is 0. The zero-order valence-corrected chi connectivity index (χ0v) is 16.0. The molecule has 0 spiro atoms. The first-order valence-electron chi connectivity index (χ1n) is 8.98. The molecule has 1 aliphatic rings. The molecule has 1 aromatic heterocycles. The van der Waals surface area contributed by atoms with Crippen molar-refractivity contribution in [3.05, 3.63) is 66.4 Å². The molecule has 1 aliphatic heterocycles. The zero-order valence-electron chi connectivity index (χ0n) is 15.2. The molecule has 3 heteroatoms. The highest BCUT2D eigenvalue weighted by Crippen LogP contribution is 2.32. The Hall–Kier alpha value is -2.00. The number of fused-ring (bicyclic) bond motifs is 1. The summed E-state index contributed by atoms with van der Waals surface area (Å²) >= 11 is 1.96. The average molecular weight is 350 g/mol. The van der Waals surface area contributed by atoms with E-state index < -0.39 is 0 Å². The molecule has 3 aromatic rings. The summed E-state index contributed by atoms with van der Waals surface area (Å²) in [6.07, 6.45) is 3.55. The van der Waals surface area contributed by atoms with Crippen LogP contribution in [0.3, 0.4) is 0 Å². The quantitative estimate of drug-likeness (QED) is 0.576. The number of hydrogen-bond acceptors (Lipinski definition) is 1. The molecule has 0 N–H and O–H groups in total. The van der Waals surface area contributed by atoms with Crippen LogP contribution < -0.4 is 4.57 Å². The van der Waals surface area contributed by atoms with Crippen LogP contribution in [0.25, 0.3) is 16.9 Å². The molecule has 4 rings (SSSR count). The minimum absolute atomic E-state index is 0.181. The van der Waals surface area contributed by atoms with Gasteiger partial charge in [-0.25, -0.2) is 4.57 Å². The Morgan fingerprint density at radius 1 is 0.960 bits per heavy atom. The monoisotopic (exact) mass is 349 g/mol. The highest BCUT2D eigenvalue weighted by Gasteiger charge is 2.29. The van der Waals surface area contributed by atoms with E-state index in [1.54, 1.807) is 0 Å². The molecule has 0 aliphatic carbocycles. The van der Waals surface area contributed by atoms with Gasteiger partial charge < -0.3 is 0 Å². The number of aromatic nitrogens is 2. The van der Waals surface area contributed by atoms with Crippen LogP contribution >= 0.6 is 11.8 Å². The Balaban J connectivity index is 1.87. The molecule has 0 saturated carbocycles. The maximum absolute atomic E-state index is 2.42. The largest absolute Gasteiger partial charge is 0.323 e. The van der Waals surface area contributed by atoms with Gasteiger partial charge in [0.25, 0.3) is 0 Å². The first kappa shape index (κ1) is 16.5. The molecule has 0 saturated heterocycles. The van der Waals surface area contributed by atoms with Gasteiger partial charge >= 0.3 is 5.16 Å². The van der Waals surface area contributed by atoms with Crippen LogP contribution in [0.2, 0.25) is 0 Å². The van der Waals surface area contributed by atoms with Crippen molar-refractivity contribution in [1.82, 2.24) is 4.57 Å². The third kappa shape index (κ3) is 3.13. The van der Waals surface area contributed by atoms with Gasteiger partial charge in [0.05, 0.1) is 6.54 Å². The second-order valence-corrected chi connectivity index (χ2v) is 8.75. The average Bonchev–Trinajstić information content (AvgIpc) is 3.01. The van der Waals surface area contributed by atoms with Crippen LogP contribution in [0.5, 0.6) is 0 Å². The number of thioether (sulfide) groups is 1. The third-order valence-corrected chi connectivity index (χ3v) is 5.96. The highest BCUT2D eigenvalue weighted by molar-refractivity contribution is 7.99. The molecule has 0 amide bonds. The van der Waals surface area contributed by atoms with Crippen molar-refractivity contribution < 1.29 is 4.57 Å². The summed E-state index contributed by atoms with van der Waals surface area (Å²) in [5.74, 6) is 1.19. The molecule has 2 nitrogen and oxygen atoms in total. The lowest BCUT2D eigenvalue weighted by atomic mass is 9.87. The normalized spacial score (nSPS) is 14.4. The second kappa shape index (κ2) is 6.38. The Kier molecular flexibility index (Phi) is 4.20. The fourth-order valence-corrected chi connectivity index (χ4v) is 4.47. The van der Waals surface area contributed by atoms with E-state index in [2.05, 4.69) is 90.7 Å². The lowest BCUT2D eigenvalue weighted by molar-refractivity contribution is -0.734. The summed E-state index contributed by atoms with van der Waals surface area (Å²) in [5, 5.41) is 1.34. The minimum Gasteiger partial charge on any atom is -0.224 e. The first-order valence-corrected chi connectivity index (χ1v) is 9.97. The predicted molar refractivity (Wildman–Crippen MR) is 105 cm³/mol. The Bertz CT molecular complexity index is 871. The van der Waals surface area contributed by atoms with Crippen molar-refractivity contribution >= 4 is 11.8 Å². The van der Waals surface area contributed by atoms with Gasteiger partial charge in [0, 0.05) is 11.3 Å². The van der Waals surface area contributed by atoms with E-state index in [0.29, 0.717) is 0 Å². The van der Waals surface area contributed by atoms with Crippen LogP contribution in [0.4, 0.5) is 0 Å². The van der Waals surface area contributed by atoms with E-state index >= 15 is 0 Å². The second-order valence-electron chi connectivity index (χ2n) is 7.69. The van der Waals surface area contributed by atoms with Crippen molar-refractivity contribution in [3.8, 4) is 16.9 Å². The van der Waals surface area contributed by atoms with Crippen LogP contribution in [-0.2, 0) is 12.0 Å². The number of hydrogen-bond donors (Lipinski definition) is 0. The number of nitrogens with zero attached hydrogens (tertiary/aromatic N) is 2. The summed E-state index contributed by atoms with van der Waals surface area (Å²) in [6, 6.07) is 19.8. The molecule has 2 aromatic carbocycles. The van der Waals surface area contributed by atoms with Crippen LogP contribution in [0.15, 0.2) is 66.0 Å². The molecule has 0 atom stereocenters. The van der Waals surface area contributed by atoms with Gasteiger partial charge in [-0.2, -0.15) is 4.57 Å². The minimum atomic E-state index is 0.181. The third-order valence-electron chi connectivity index (χ3n) is 4.79. The van der Waals surface area contributed by atoms with E-state index in [0.717, 1.165) is 6.54 Å². The smallest absolute Gasteiger partial charge is 0.224 e. The van der Waals surface area contributed by atoms with Gasteiger partial charge in [0.1, 0.15) is 11.9 Å². The topological polar surface area (TPSA) is 8.81 Å². The maximum Gasteiger partial charge on any atom is 0.323 e. The fraction of sp³-hybridized carbons (Fsp3) is 0.318. The summed E-state index contributed by atoms with van der Waals surface area (Å²) in [5.41, 5.74) is 5.34. The van der Waals surface area contributed by atoms with Crippen molar-refractivity contribution in [2.24, 2.45) is 0 Å². The molecule has 25 heavy (non-hydrogen) atoms. The number of benzene rings is 2. The molecule has 128 valence electrons. The van der Waals surface area contributed by atoms with Crippen molar-refractivity contribution in [3.63, 3.8) is 0 Å². The van der Waals surface area contributed by atoms with Crippen molar-refractivity contribution in [2.45, 2.75) is 44.3 Å². The molecule has 0 unspecified atom stereocenters. The summed E-state index contributed by atoms with van der Waals surface area (Å²) < 4.78 is 4.83. The molecular formula is C22H25N2S+. The lowest BCUT2D eigenvalue weighted by Crippen LogP contribution is -2.37. The maximum atomic E-state index is 2.42. The fourth-order valence-electron chi connectivity index (χ4n) is 3.37. The molecule has 0 fully saturated rings. The van der Waals surface area contributed by atoms with Crippen LogP contribution in [-0.4, -0.2) is 10.3 Å². The van der Waals surface area contributed by atoms with E-state index in [1.165, 1.54) is 39.8 Å². The molecule has 2 heterocycles. The van der Waals surface area contributed by atoms with Gasteiger partial charge in [0.2, 0.25) is 0 Å². The standard InChI is InChI=1S/C22H25N2S/c1-22(2,3)18-10-12-19(13-11-18)24-20(17-8-5-4-6-9-17)16-23-14-7-15-25-21(23)24/h4-6,8-13,16H,7,14-15H2,1-3H3/q+1. The van der Waals surface area contributed by atoms with Gasteiger partial charge in [-0.05, 0) is 41.3 Å². The van der Waals surface area contributed by atoms with E-state index in [4.69, 9.17) is 0 Å². The first-order chi connectivity index (χ1) is 12.0. The highest BCUT2D eigenvalue weighted by atomic mass is 32.2. The predicted octanol–water partition coefficient (Wildman–Crippen LogP) is 5.23. The molecule has 0 radical (unpaired) electrons. The van der Waals surface area contributed by atoms with Gasteiger partial charge in [0.15, 0.2) is 5.69 Å². The van der Waals surface area contributed by atoms with E-state index in [-0.39, 0.29) is 5.41 Å². The van der Waals surface area contributed by atoms with Crippen LogP contribution in [0.1, 0.15) is 32.8 Å². The summed E-state index contributed by atoms with van der Waals surface area (Å²) in [6.45, 7) is 7.90. The summed E-state index contributed by atoms with van der Waals surface area (Å²) in [4.78, 5) is 0. The van der Waals surface area contributed by atoms with Gasteiger partial charge in [-0.3, -0.25) is 0 Å². The number of aryl methyl sites for hydroxylation is 1. The number of imidazole rings is 1. The number of rotatable bonds is 2. The Morgan fingerprint density at radius 3 is 2.36 bits per heavy atom. The van der Waals surface area contributed by atoms with Crippen LogP contribution in [0, 0.1) is 0 Å². The lowest BCUT2D eigenvalue weighted by Gasteiger charge is -2.19. The van der Waals surface area contributed by atoms with Gasteiger partial charge in [-0.15, -0.1) is 0 Å². The molecular weight excluding hydrogens is 324 g/mol. The Morgan fingerprint density at radius 2 is 1.68 bits per heavy atom. The SMILES string of the molecule is CC(C)(C)c1ccc(-n2c(-c3ccccc3)c[n+]3c2SCCC3)cc1. The Labute approximate surface area is 154 Å².